The molecule has 23 heavy (non-hydrogen) atoms. The maximum Gasteiger partial charge on any atom is 0.270 e. The number of nitrogens with one attached hydrogen (secondary N) is 2. The van der Waals surface area contributed by atoms with Crippen molar-refractivity contribution in [1.82, 2.24) is 15.3 Å². The minimum atomic E-state index is -0.314. The number of halogens is 1. The van der Waals surface area contributed by atoms with E-state index in [-0.39, 0.29) is 11.4 Å². The summed E-state index contributed by atoms with van der Waals surface area (Å²) in [4.78, 5) is 21.0. The average Bonchev–Trinajstić information content (AvgIpc) is 2.39. The van der Waals surface area contributed by atoms with Crippen molar-refractivity contribution in [2.45, 2.75) is 40.2 Å². The summed E-state index contributed by atoms with van der Waals surface area (Å²) >= 11 is 3.44. The van der Waals surface area contributed by atoms with Crippen LogP contribution in [0.25, 0.3) is 0 Å². The van der Waals surface area contributed by atoms with Gasteiger partial charge in [-0.3, -0.25) is 4.79 Å². The lowest BCUT2D eigenvalue weighted by molar-refractivity contribution is 0.0914. The van der Waals surface area contributed by atoms with Crippen molar-refractivity contribution in [3.63, 3.8) is 0 Å². The molecule has 0 saturated carbocycles. The van der Waals surface area contributed by atoms with Crippen molar-refractivity contribution in [2.24, 2.45) is 0 Å². The van der Waals surface area contributed by atoms with Gasteiger partial charge in [0.25, 0.3) is 5.91 Å². The first kappa shape index (κ1) is 17.4. The molecule has 1 amide bonds. The summed E-state index contributed by atoms with van der Waals surface area (Å²) in [5, 5.41) is 6.08. The highest BCUT2D eigenvalue weighted by Gasteiger charge is 2.17. The van der Waals surface area contributed by atoms with Gasteiger partial charge in [0.05, 0.1) is 0 Å². The van der Waals surface area contributed by atoms with Crippen LogP contribution in [0.4, 0.5) is 11.6 Å². The second kappa shape index (κ2) is 6.66. The summed E-state index contributed by atoms with van der Waals surface area (Å²) in [7, 11) is 0. The van der Waals surface area contributed by atoms with Crippen LogP contribution in [0.5, 0.6) is 0 Å². The number of nitrogens with zero attached hydrogens (tertiary/aromatic N) is 2. The van der Waals surface area contributed by atoms with Crippen molar-refractivity contribution in [1.29, 1.82) is 0 Å². The van der Waals surface area contributed by atoms with Crippen LogP contribution in [-0.4, -0.2) is 21.4 Å². The fourth-order valence-electron chi connectivity index (χ4n) is 2.03. The topological polar surface area (TPSA) is 66.9 Å². The molecule has 1 aromatic carbocycles. The third kappa shape index (κ3) is 5.03. The van der Waals surface area contributed by atoms with Gasteiger partial charge in [-0.05, 0) is 64.4 Å². The smallest absolute Gasteiger partial charge is 0.270 e. The molecule has 0 aliphatic carbocycles. The van der Waals surface area contributed by atoms with Crippen molar-refractivity contribution in [3.05, 3.63) is 45.7 Å². The Labute approximate surface area is 145 Å². The van der Waals surface area contributed by atoms with Gasteiger partial charge >= 0.3 is 0 Å². The second-order valence-electron chi connectivity index (χ2n) is 6.51. The summed E-state index contributed by atoms with van der Waals surface area (Å²) in [6, 6.07) is 7.57. The van der Waals surface area contributed by atoms with E-state index in [1.54, 1.807) is 6.07 Å². The Morgan fingerprint density at radius 1 is 1.13 bits per heavy atom. The lowest BCUT2D eigenvalue weighted by Gasteiger charge is -2.20. The molecule has 6 heteroatoms. The van der Waals surface area contributed by atoms with E-state index in [0.29, 0.717) is 11.6 Å². The molecule has 0 bridgehead atoms. The van der Waals surface area contributed by atoms with E-state index in [9.17, 15) is 4.79 Å². The number of benzene rings is 1. The van der Waals surface area contributed by atoms with Gasteiger partial charge in [0.15, 0.2) is 0 Å². The van der Waals surface area contributed by atoms with Crippen LogP contribution in [0.3, 0.4) is 0 Å². The van der Waals surface area contributed by atoms with E-state index in [4.69, 9.17) is 0 Å². The monoisotopic (exact) mass is 376 g/mol. The van der Waals surface area contributed by atoms with Crippen molar-refractivity contribution in [3.8, 4) is 0 Å². The first-order valence-electron chi connectivity index (χ1n) is 7.35. The Kier molecular flexibility index (Phi) is 5.04. The molecular formula is C17H21BrN4O. The summed E-state index contributed by atoms with van der Waals surface area (Å²) in [6.45, 7) is 9.64. The third-order valence-corrected chi connectivity index (χ3v) is 3.50. The predicted octanol–water partition coefficient (Wildman–Crippen LogP) is 4.13. The van der Waals surface area contributed by atoms with Crippen LogP contribution in [0.1, 0.15) is 42.5 Å². The minimum absolute atomic E-state index is 0.210. The molecule has 0 radical (unpaired) electrons. The van der Waals surface area contributed by atoms with Crippen LogP contribution >= 0.6 is 15.9 Å². The first-order valence-corrected chi connectivity index (χ1v) is 8.15. The number of aromatic nitrogens is 2. The van der Waals surface area contributed by atoms with E-state index in [0.717, 1.165) is 21.4 Å². The standard InChI is InChI=1S/C17H21BrN4O/c1-10-8-12(18)6-7-13(10)20-16-19-11(2)9-14(21-16)15(23)22-17(3,4)5/h6-9H,1-5H3,(H,22,23)(H,19,20,21). The van der Waals surface area contributed by atoms with Crippen LogP contribution in [-0.2, 0) is 0 Å². The van der Waals surface area contributed by atoms with E-state index < -0.39 is 0 Å². The number of hydrogen-bond acceptors (Lipinski definition) is 4. The molecule has 0 saturated heterocycles. The second-order valence-corrected chi connectivity index (χ2v) is 7.42. The third-order valence-electron chi connectivity index (χ3n) is 3.01. The highest BCUT2D eigenvalue weighted by Crippen LogP contribution is 2.22. The van der Waals surface area contributed by atoms with Gasteiger partial charge in [0.2, 0.25) is 5.95 Å². The number of rotatable bonds is 3. The maximum atomic E-state index is 12.3. The zero-order valence-corrected chi connectivity index (χ0v) is 15.6. The predicted molar refractivity (Wildman–Crippen MR) is 96.1 cm³/mol. The fourth-order valence-corrected chi connectivity index (χ4v) is 2.51. The highest BCUT2D eigenvalue weighted by molar-refractivity contribution is 9.10. The number of anilines is 2. The van der Waals surface area contributed by atoms with E-state index in [2.05, 4.69) is 36.5 Å². The van der Waals surface area contributed by atoms with E-state index in [1.807, 2.05) is 52.8 Å². The largest absolute Gasteiger partial charge is 0.346 e. The lowest BCUT2D eigenvalue weighted by atomic mass is 10.1. The Morgan fingerprint density at radius 3 is 2.43 bits per heavy atom. The van der Waals surface area contributed by atoms with Crippen molar-refractivity contribution < 1.29 is 4.79 Å². The Bertz CT molecular complexity index is 738. The van der Waals surface area contributed by atoms with Crippen molar-refractivity contribution >= 4 is 33.5 Å². The lowest BCUT2D eigenvalue weighted by Crippen LogP contribution is -2.41. The molecule has 122 valence electrons. The molecule has 0 fully saturated rings. The quantitative estimate of drug-likeness (QED) is 0.844. The van der Waals surface area contributed by atoms with Gasteiger partial charge in [-0.1, -0.05) is 15.9 Å². The van der Waals surface area contributed by atoms with Gasteiger partial charge in [-0.2, -0.15) is 0 Å². The van der Waals surface area contributed by atoms with Crippen LogP contribution < -0.4 is 10.6 Å². The summed E-state index contributed by atoms with van der Waals surface area (Å²) < 4.78 is 1.01. The average molecular weight is 377 g/mol. The van der Waals surface area contributed by atoms with Crippen LogP contribution in [0.2, 0.25) is 0 Å². The first-order chi connectivity index (χ1) is 10.6. The summed E-state index contributed by atoms with van der Waals surface area (Å²) in [6.07, 6.45) is 0. The van der Waals surface area contributed by atoms with Crippen LogP contribution in [0, 0.1) is 13.8 Å². The molecule has 0 aliphatic rings. The SMILES string of the molecule is Cc1cc(C(=O)NC(C)(C)C)nc(Nc2ccc(Br)cc2C)n1. The van der Waals surface area contributed by atoms with E-state index >= 15 is 0 Å². The fraction of sp³-hybridized carbons (Fsp3) is 0.353. The van der Waals surface area contributed by atoms with Gasteiger partial charge in [0, 0.05) is 21.4 Å². The minimum Gasteiger partial charge on any atom is -0.346 e. The van der Waals surface area contributed by atoms with Gasteiger partial charge in [-0.15, -0.1) is 0 Å². The molecule has 0 atom stereocenters. The Morgan fingerprint density at radius 2 is 1.83 bits per heavy atom. The maximum absolute atomic E-state index is 12.3. The molecule has 1 aromatic heterocycles. The summed E-state index contributed by atoms with van der Waals surface area (Å²) in [5.74, 6) is 0.202. The molecule has 2 rings (SSSR count). The molecule has 2 N–H and O–H groups in total. The molecule has 0 unspecified atom stereocenters. The van der Waals surface area contributed by atoms with Gasteiger partial charge in [-0.25, -0.2) is 9.97 Å². The van der Waals surface area contributed by atoms with Crippen molar-refractivity contribution in [2.75, 3.05) is 5.32 Å². The van der Waals surface area contributed by atoms with E-state index in [1.165, 1.54) is 0 Å². The van der Waals surface area contributed by atoms with Gasteiger partial charge in [0.1, 0.15) is 5.69 Å². The molecule has 5 nitrogen and oxygen atoms in total. The molecule has 0 aliphatic heterocycles. The molecule has 2 aromatic rings. The number of hydrogen-bond donors (Lipinski definition) is 2. The van der Waals surface area contributed by atoms with Gasteiger partial charge < -0.3 is 10.6 Å². The Balaban J connectivity index is 2.28. The molecule has 0 spiro atoms. The normalized spacial score (nSPS) is 11.2. The van der Waals surface area contributed by atoms with Crippen LogP contribution in [0.15, 0.2) is 28.7 Å². The highest BCUT2D eigenvalue weighted by atomic mass is 79.9. The Hall–Kier alpha value is -1.95. The number of amides is 1. The molecule has 1 heterocycles. The zero-order valence-electron chi connectivity index (χ0n) is 14.0. The molecular weight excluding hydrogens is 356 g/mol. The number of carbonyl (C=O) groups is 1. The number of aryl methyl sites for hydroxylation is 2. The zero-order chi connectivity index (χ0) is 17.2. The summed E-state index contributed by atoms with van der Waals surface area (Å²) in [5.41, 5.74) is 2.73. The number of carbonyl (C=O) groups excluding carboxylic acids is 1.